The van der Waals surface area contributed by atoms with Crippen LogP contribution in [0.3, 0.4) is 0 Å². The number of Topliss-reactive ketones (excluding diaryl/α,β-unsaturated/α-hetero) is 1. The molecular formula is C18H13F2NO4. The van der Waals surface area contributed by atoms with Crippen LogP contribution in [0.5, 0.6) is 5.75 Å². The van der Waals surface area contributed by atoms with Gasteiger partial charge in [-0.1, -0.05) is 12.1 Å². The molecule has 5 nitrogen and oxygen atoms in total. The molecule has 2 aromatic carbocycles. The number of carbonyl (C=O) groups excluding carboxylic acids is 3. The molecule has 0 spiro atoms. The molecule has 2 amide bonds. The maximum atomic E-state index is 14.4. The third-order valence-corrected chi connectivity index (χ3v) is 4.02. The zero-order chi connectivity index (χ0) is 18.3. The summed E-state index contributed by atoms with van der Waals surface area (Å²) in [5.41, 5.74) is -0.0785. The molecule has 1 aliphatic heterocycles. The summed E-state index contributed by atoms with van der Waals surface area (Å²) in [6.45, 7) is 0.695. The minimum atomic E-state index is -1.15. The number of ether oxygens (including phenoxy) is 1. The van der Waals surface area contributed by atoms with Gasteiger partial charge in [-0.25, -0.2) is 8.78 Å². The first kappa shape index (κ1) is 16.8. The van der Waals surface area contributed by atoms with Crippen LogP contribution in [0.4, 0.5) is 8.78 Å². The first-order valence-corrected chi connectivity index (χ1v) is 7.37. The molecule has 1 heterocycles. The van der Waals surface area contributed by atoms with Gasteiger partial charge in [-0.3, -0.25) is 19.3 Å². The molecule has 0 saturated heterocycles. The SMILES string of the molecule is COc1c(F)cc(CN2C(=O)c3ccccc3C2=O)c(C(C)=O)c1F. The molecule has 0 bridgehead atoms. The van der Waals surface area contributed by atoms with Crippen molar-refractivity contribution in [2.45, 2.75) is 13.5 Å². The van der Waals surface area contributed by atoms with Crippen LogP contribution in [0.2, 0.25) is 0 Å². The van der Waals surface area contributed by atoms with Crippen molar-refractivity contribution < 1.29 is 27.9 Å². The van der Waals surface area contributed by atoms with Gasteiger partial charge in [0, 0.05) is 0 Å². The first-order chi connectivity index (χ1) is 11.9. The standard InChI is InChI=1S/C18H13F2NO4/c1-9(22)14-10(7-13(19)16(25-2)15(14)20)8-21-17(23)11-5-3-4-6-12(11)18(21)24/h3-7H,8H2,1-2H3. The molecule has 2 aromatic rings. The molecule has 0 fully saturated rings. The van der Waals surface area contributed by atoms with Gasteiger partial charge >= 0.3 is 0 Å². The lowest BCUT2D eigenvalue weighted by molar-refractivity contribution is 0.0639. The highest BCUT2D eigenvalue weighted by Gasteiger charge is 2.36. The molecule has 128 valence electrons. The lowest BCUT2D eigenvalue weighted by Gasteiger charge is -2.17. The van der Waals surface area contributed by atoms with E-state index in [-0.39, 0.29) is 16.7 Å². The maximum Gasteiger partial charge on any atom is 0.261 e. The maximum absolute atomic E-state index is 14.4. The summed E-state index contributed by atoms with van der Waals surface area (Å²) in [5.74, 6) is -4.67. The second-order valence-electron chi connectivity index (χ2n) is 5.54. The number of hydrogen-bond donors (Lipinski definition) is 0. The Hall–Kier alpha value is -3.09. The molecule has 0 atom stereocenters. The minimum Gasteiger partial charge on any atom is -0.491 e. The third-order valence-electron chi connectivity index (χ3n) is 4.02. The number of benzene rings is 2. The quantitative estimate of drug-likeness (QED) is 0.631. The Labute approximate surface area is 141 Å². The molecule has 0 saturated carbocycles. The molecule has 0 N–H and O–H groups in total. The molecule has 1 aliphatic rings. The van der Waals surface area contributed by atoms with Gasteiger partial charge in [-0.05, 0) is 30.7 Å². The van der Waals surface area contributed by atoms with Crippen molar-refractivity contribution in [3.05, 3.63) is 64.2 Å². The van der Waals surface area contributed by atoms with Crippen LogP contribution in [0.1, 0.15) is 43.6 Å². The van der Waals surface area contributed by atoms with Crippen LogP contribution in [0.25, 0.3) is 0 Å². The Morgan fingerprint density at radius 3 is 2.16 bits per heavy atom. The highest BCUT2D eigenvalue weighted by molar-refractivity contribution is 6.21. The second-order valence-corrected chi connectivity index (χ2v) is 5.54. The summed E-state index contributed by atoms with van der Waals surface area (Å²) in [6.07, 6.45) is 0. The lowest BCUT2D eigenvalue weighted by atomic mass is 10.0. The van der Waals surface area contributed by atoms with E-state index in [1.54, 1.807) is 12.1 Å². The van der Waals surface area contributed by atoms with Crippen LogP contribution < -0.4 is 4.74 Å². The van der Waals surface area contributed by atoms with Crippen molar-refractivity contribution in [1.29, 1.82) is 0 Å². The van der Waals surface area contributed by atoms with Crippen molar-refractivity contribution in [1.82, 2.24) is 4.90 Å². The number of amides is 2. The van der Waals surface area contributed by atoms with E-state index in [1.165, 1.54) is 12.1 Å². The Morgan fingerprint density at radius 1 is 1.12 bits per heavy atom. The smallest absolute Gasteiger partial charge is 0.261 e. The summed E-state index contributed by atoms with van der Waals surface area (Å²) in [7, 11) is 1.08. The molecular weight excluding hydrogens is 332 g/mol. The molecule has 25 heavy (non-hydrogen) atoms. The normalized spacial score (nSPS) is 13.2. The number of imide groups is 1. The largest absolute Gasteiger partial charge is 0.491 e. The van der Waals surface area contributed by atoms with Gasteiger partial charge in [0.15, 0.2) is 23.2 Å². The number of nitrogens with zero attached hydrogens (tertiary/aromatic N) is 1. The minimum absolute atomic E-state index is 0.0993. The van der Waals surface area contributed by atoms with Crippen LogP contribution in [-0.4, -0.2) is 29.6 Å². The summed E-state index contributed by atoms with van der Waals surface area (Å²) < 4.78 is 33.1. The van der Waals surface area contributed by atoms with Crippen LogP contribution >= 0.6 is 0 Å². The van der Waals surface area contributed by atoms with Crippen molar-refractivity contribution >= 4 is 17.6 Å². The van der Waals surface area contributed by atoms with Crippen LogP contribution in [0, 0.1) is 11.6 Å². The predicted octanol–water partition coefficient (Wildman–Crippen LogP) is 2.97. The Bertz CT molecular complexity index is 889. The number of carbonyl (C=O) groups is 3. The summed E-state index contributed by atoms with van der Waals surface area (Å²) in [5, 5.41) is 0. The van der Waals surface area contributed by atoms with Crippen molar-refractivity contribution in [2.24, 2.45) is 0 Å². The van der Waals surface area contributed by atoms with Crippen molar-refractivity contribution in [3.63, 3.8) is 0 Å². The fourth-order valence-corrected chi connectivity index (χ4v) is 2.90. The van der Waals surface area contributed by atoms with E-state index in [0.717, 1.165) is 25.0 Å². The van der Waals surface area contributed by atoms with Crippen LogP contribution in [-0.2, 0) is 6.54 Å². The number of ketones is 1. The average molecular weight is 345 g/mol. The molecule has 3 rings (SSSR count). The number of halogens is 2. The van der Waals surface area contributed by atoms with Gasteiger partial charge in [0.1, 0.15) is 0 Å². The highest BCUT2D eigenvalue weighted by Crippen LogP contribution is 2.31. The number of hydrogen-bond acceptors (Lipinski definition) is 4. The van der Waals surface area contributed by atoms with Gasteiger partial charge in [0.2, 0.25) is 0 Å². The summed E-state index contributed by atoms with van der Waals surface area (Å²) in [6, 6.07) is 7.12. The zero-order valence-electron chi connectivity index (χ0n) is 13.4. The second kappa shape index (κ2) is 6.08. The monoisotopic (exact) mass is 345 g/mol. The van der Waals surface area contributed by atoms with Crippen molar-refractivity contribution in [3.8, 4) is 5.75 Å². The average Bonchev–Trinajstić information content (AvgIpc) is 2.80. The summed E-state index contributed by atoms with van der Waals surface area (Å²) in [4.78, 5) is 37.5. The van der Waals surface area contributed by atoms with Gasteiger partial charge in [-0.2, -0.15) is 0 Å². The molecule has 0 unspecified atom stereocenters. The van der Waals surface area contributed by atoms with Gasteiger partial charge in [-0.15, -0.1) is 0 Å². The molecule has 0 aliphatic carbocycles. The zero-order valence-corrected chi connectivity index (χ0v) is 13.4. The molecule has 0 aromatic heterocycles. The number of methoxy groups -OCH3 is 1. The van der Waals surface area contributed by atoms with E-state index in [9.17, 15) is 23.2 Å². The molecule has 0 radical (unpaired) electrons. The first-order valence-electron chi connectivity index (χ1n) is 7.37. The fourth-order valence-electron chi connectivity index (χ4n) is 2.90. The third kappa shape index (κ3) is 2.57. The van der Waals surface area contributed by atoms with E-state index in [4.69, 9.17) is 0 Å². The number of rotatable bonds is 4. The Balaban J connectivity index is 2.06. The Kier molecular flexibility index (Phi) is 4.08. The van der Waals surface area contributed by atoms with E-state index in [0.29, 0.717) is 0 Å². The lowest BCUT2D eigenvalue weighted by Crippen LogP contribution is -2.30. The van der Waals surface area contributed by atoms with Gasteiger partial charge < -0.3 is 4.74 Å². The topological polar surface area (TPSA) is 63.7 Å². The van der Waals surface area contributed by atoms with Crippen LogP contribution in [0.15, 0.2) is 30.3 Å². The van der Waals surface area contributed by atoms with Gasteiger partial charge in [0.25, 0.3) is 11.8 Å². The molecule has 7 heteroatoms. The fraction of sp³-hybridized carbons (Fsp3) is 0.167. The van der Waals surface area contributed by atoms with E-state index < -0.39 is 47.1 Å². The Morgan fingerprint density at radius 2 is 1.68 bits per heavy atom. The van der Waals surface area contributed by atoms with Gasteiger partial charge in [0.05, 0.1) is 30.3 Å². The predicted molar refractivity (Wildman–Crippen MR) is 83.6 cm³/mol. The van der Waals surface area contributed by atoms with E-state index in [2.05, 4.69) is 4.74 Å². The van der Waals surface area contributed by atoms with E-state index in [1.807, 2.05) is 0 Å². The number of fused-ring (bicyclic) bond motifs is 1. The van der Waals surface area contributed by atoms with E-state index >= 15 is 0 Å². The highest BCUT2D eigenvalue weighted by atomic mass is 19.1. The van der Waals surface area contributed by atoms with Crippen molar-refractivity contribution in [2.75, 3.05) is 7.11 Å². The summed E-state index contributed by atoms with van der Waals surface area (Å²) >= 11 is 0.